The van der Waals surface area contributed by atoms with Crippen molar-refractivity contribution in [2.75, 3.05) is 5.32 Å². The third kappa shape index (κ3) is 2.38. The SMILES string of the molecule is Cc1nnc(NCc2csc(=O)[nH]2)c(C#N)c1C. The number of nitrogens with zero attached hydrogens (tertiary/aromatic N) is 3. The molecule has 2 rings (SSSR count). The van der Waals surface area contributed by atoms with Gasteiger partial charge in [0.25, 0.3) is 0 Å². The van der Waals surface area contributed by atoms with Crippen molar-refractivity contribution >= 4 is 17.2 Å². The van der Waals surface area contributed by atoms with E-state index in [1.54, 1.807) is 5.38 Å². The van der Waals surface area contributed by atoms with Gasteiger partial charge in [-0.15, -0.1) is 5.10 Å². The third-order valence-electron chi connectivity index (χ3n) is 2.58. The molecule has 0 fully saturated rings. The molecule has 6 nitrogen and oxygen atoms in total. The summed E-state index contributed by atoms with van der Waals surface area (Å²) in [5.41, 5.74) is 2.80. The zero-order valence-electron chi connectivity index (χ0n) is 9.94. The van der Waals surface area contributed by atoms with Crippen LogP contribution in [0.1, 0.15) is 22.5 Å². The highest BCUT2D eigenvalue weighted by Gasteiger charge is 2.10. The Labute approximate surface area is 107 Å². The summed E-state index contributed by atoms with van der Waals surface area (Å²) in [5, 5.41) is 21.8. The van der Waals surface area contributed by atoms with Gasteiger partial charge in [0.1, 0.15) is 11.6 Å². The van der Waals surface area contributed by atoms with Crippen LogP contribution in [0.25, 0.3) is 0 Å². The van der Waals surface area contributed by atoms with Crippen molar-refractivity contribution in [1.82, 2.24) is 15.2 Å². The molecule has 0 aliphatic carbocycles. The van der Waals surface area contributed by atoms with E-state index in [2.05, 4.69) is 26.6 Å². The molecular weight excluding hydrogens is 250 g/mol. The van der Waals surface area contributed by atoms with E-state index in [1.165, 1.54) is 0 Å². The Morgan fingerprint density at radius 2 is 2.28 bits per heavy atom. The topological polar surface area (TPSA) is 94.5 Å². The van der Waals surface area contributed by atoms with Crippen LogP contribution in [0.3, 0.4) is 0 Å². The molecule has 2 N–H and O–H groups in total. The average Bonchev–Trinajstić information content (AvgIpc) is 2.77. The molecule has 2 aromatic heterocycles. The maximum atomic E-state index is 11.0. The molecule has 0 bridgehead atoms. The van der Waals surface area contributed by atoms with E-state index in [0.29, 0.717) is 17.9 Å². The number of aryl methyl sites for hydroxylation is 1. The fourth-order valence-corrected chi connectivity index (χ4v) is 2.03. The molecule has 0 unspecified atom stereocenters. The summed E-state index contributed by atoms with van der Waals surface area (Å²) in [7, 11) is 0. The molecule has 92 valence electrons. The van der Waals surface area contributed by atoms with E-state index in [1.807, 2.05) is 13.8 Å². The normalized spacial score (nSPS) is 10.1. The molecular formula is C11H11N5OS. The average molecular weight is 261 g/mol. The summed E-state index contributed by atoms with van der Waals surface area (Å²) in [6, 6.07) is 2.11. The molecule has 2 heterocycles. The summed E-state index contributed by atoms with van der Waals surface area (Å²) in [4.78, 5) is 13.6. The van der Waals surface area contributed by atoms with Crippen molar-refractivity contribution in [1.29, 1.82) is 5.26 Å². The minimum atomic E-state index is -0.0986. The highest BCUT2D eigenvalue weighted by Crippen LogP contribution is 2.17. The van der Waals surface area contributed by atoms with E-state index in [0.717, 1.165) is 28.3 Å². The number of hydrogen-bond acceptors (Lipinski definition) is 6. The Morgan fingerprint density at radius 3 is 2.89 bits per heavy atom. The molecule has 0 amide bonds. The van der Waals surface area contributed by atoms with Crippen LogP contribution in [0.4, 0.5) is 5.82 Å². The molecule has 0 aliphatic heterocycles. The molecule has 0 atom stereocenters. The van der Waals surface area contributed by atoms with Crippen LogP contribution in [0.5, 0.6) is 0 Å². The predicted octanol–water partition coefficient (Wildman–Crippen LogP) is 1.33. The second-order valence-corrected chi connectivity index (χ2v) is 4.61. The number of aromatic amines is 1. The van der Waals surface area contributed by atoms with Gasteiger partial charge < -0.3 is 10.3 Å². The van der Waals surface area contributed by atoms with Crippen molar-refractivity contribution in [3.05, 3.63) is 37.6 Å². The van der Waals surface area contributed by atoms with E-state index in [4.69, 9.17) is 5.26 Å². The van der Waals surface area contributed by atoms with Gasteiger partial charge in [0, 0.05) is 11.1 Å². The molecule has 0 radical (unpaired) electrons. The molecule has 0 aromatic carbocycles. The number of thiazole rings is 1. The Kier molecular flexibility index (Phi) is 3.39. The van der Waals surface area contributed by atoms with Crippen LogP contribution >= 0.6 is 11.3 Å². The molecule has 0 saturated carbocycles. The van der Waals surface area contributed by atoms with E-state index < -0.39 is 0 Å². The molecule has 7 heteroatoms. The quantitative estimate of drug-likeness (QED) is 0.869. The second-order valence-electron chi connectivity index (χ2n) is 3.77. The standard InChI is InChI=1S/C11H11N5OS/c1-6-7(2)15-16-10(9(6)3-12)13-4-8-5-18-11(17)14-8/h5H,4H2,1-2H3,(H,13,16)(H,14,17). The number of anilines is 1. The van der Waals surface area contributed by atoms with Crippen molar-refractivity contribution in [2.45, 2.75) is 20.4 Å². The van der Waals surface area contributed by atoms with Gasteiger partial charge in [0.15, 0.2) is 5.82 Å². The van der Waals surface area contributed by atoms with Gasteiger partial charge >= 0.3 is 4.87 Å². The first-order valence-corrected chi connectivity index (χ1v) is 6.14. The molecule has 18 heavy (non-hydrogen) atoms. The summed E-state index contributed by atoms with van der Waals surface area (Å²) in [5.74, 6) is 0.438. The van der Waals surface area contributed by atoms with Crippen LogP contribution in [-0.2, 0) is 6.54 Å². The van der Waals surface area contributed by atoms with Crippen LogP contribution in [0.15, 0.2) is 10.2 Å². The van der Waals surface area contributed by atoms with Gasteiger partial charge in [-0.1, -0.05) is 11.3 Å². The monoisotopic (exact) mass is 261 g/mol. The smallest absolute Gasteiger partial charge is 0.304 e. The lowest BCUT2D eigenvalue weighted by atomic mass is 10.1. The zero-order valence-corrected chi connectivity index (χ0v) is 10.8. The molecule has 2 aromatic rings. The molecule has 0 aliphatic rings. The largest absolute Gasteiger partial charge is 0.362 e. The maximum Gasteiger partial charge on any atom is 0.304 e. The minimum absolute atomic E-state index is 0.0986. The maximum absolute atomic E-state index is 11.0. The first-order valence-electron chi connectivity index (χ1n) is 5.26. The van der Waals surface area contributed by atoms with Crippen LogP contribution in [-0.4, -0.2) is 15.2 Å². The van der Waals surface area contributed by atoms with Crippen LogP contribution < -0.4 is 10.2 Å². The number of H-pyrrole nitrogens is 1. The fourth-order valence-electron chi connectivity index (χ4n) is 1.45. The van der Waals surface area contributed by atoms with Crippen molar-refractivity contribution in [3.8, 4) is 6.07 Å². The lowest BCUT2D eigenvalue weighted by Gasteiger charge is -2.08. The van der Waals surface area contributed by atoms with Crippen molar-refractivity contribution < 1.29 is 0 Å². The lowest BCUT2D eigenvalue weighted by molar-refractivity contribution is 0.933. The van der Waals surface area contributed by atoms with Crippen molar-refractivity contribution in [2.24, 2.45) is 0 Å². The summed E-state index contributed by atoms with van der Waals surface area (Å²) < 4.78 is 0. The minimum Gasteiger partial charge on any atom is -0.362 e. The van der Waals surface area contributed by atoms with Gasteiger partial charge in [0.2, 0.25) is 0 Å². The summed E-state index contributed by atoms with van der Waals surface area (Å²) in [6.45, 7) is 4.05. The Bertz CT molecular complexity index is 667. The zero-order chi connectivity index (χ0) is 13.1. The third-order valence-corrected chi connectivity index (χ3v) is 3.30. The second kappa shape index (κ2) is 4.98. The molecule has 0 saturated heterocycles. The van der Waals surface area contributed by atoms with Gasteiger partial charge in [-0.2, -0.15) is 10.4 Å². The van der Waals surface area contributed by atoms with Gasteiger partial charge in [-0.3, -0.25) is 4.79 Å². The Balaban J connectivity index is 2.22. The fraction of sp³-hybridized carbons (Fsp3) is 0.273. The van der Waals surface area contributed by atoms with E-state index in [9.17, 15) is 4.79 Å². The predicted molar refractivity (Wildman–Crippen MR) is 68.5 cm³/mol. The number of rotatable bonds is 3. The molecule has 0 spiro atoms. The van der Waals surface area contributed by atoms with Crippen LogP contribution in [0, 0.1) is 25.2 Å². The van der Waals surface area contributed by atoms with E-state index in [-0.39, 0.29) is 4.87 Å². The number of hydrogen-bond donors (Lipinski definition) is 2. The number of nitriles is 1. The highest BCUT2D eigenvalue weighted by atomic mass is 32.1. The first kappa shape index (κ1) is 12.3. The number of nitrogens with one attached hydrogen (secondary N) is 2. The lowest BCUT2D eigenvalue weighted by Crippen LogP contribution is -2.08. The van der Waals surface area contributed by atoms with Gasteiger partial charge in [-0.25, -0.2) is 0 Å². The summed E-state index contributed by atoms with van der Waals surface area (Å²) in [6.07, 6.45) is 0. The van der Waals surface area contributed by atoms with E-state index >= 15 is 0 Å². The van der Waals surface area contributed by atoms with Gasteiger partial charge in [-0.05, 0) is 19.4 Å². The Morgan fingerprint density at radius 1 is 1.50 bits per heavy atom. The van der Waals surface area contributed by atoms with Crippen molar-refractivity contribution in [3.63, 3.8) is 0 Å². The Hall–Kier alpha value is -2.20. The first-order chi connectivity index (χ1) is 8.61. The number of aromatic nitrogens is 3. The highest BCUT2D eigenvalue weighted by molar-refractivity contribution is 7.07. The summed E-state index contributed by atoms with van der Waals surface area (Å²) >= 11 is 1.10. The van der Waals surface area contributed by atoms with Gasteiger partial charge in [0.05, 0.1) is 12.2 Å². The van der Waals surface area contributed by atoms with Crippen LogP contribution in [0.2, 0.25) is 0 Å².